The number of nitrogen functional groups attached to an aromatic ring is 1. The molecule has 1 aromatic carbocycles. The molecule has 3 heterocycles. The van der Waals surface area contributed by atoms with E-state index in [4.69, 9.17) is 10.5 Å². The molecule has 0 radical (unpaired) electrons. The molecule has 1 aliphatic heterocycles. The van der Waals surface area contributed by atoms with Crippen molar-refractivity contribution in [1.29, 1.82) is 0 Å². The van der Waals surface area contributed by atoms with Gasteiger partial charge in [-0.25, -0.2) is 9.97 Å². The third-order valence-electron chi connectivity index (χ3n) is 5.31. The molecule has 0 amide bonds. The van der Waals surface area contributed by atoms with E-state index >= 15 is 0 Å². The number of hydrogen-bond acceptors (Lipinski definition) is 6. The van der Waals surface area contributed by atoms with E-state index in [0.29, 0.717) is 17.6 Å². The van der Waals surface area contributed by atoms with Gasteiger partial charge in [0, 0.05) is 17.8 Å². The third-order valence-corrected chi connectivity index (χ3v) is 5.31. The van der Waals surface area contributed by atoms with E-state index in [2.05, 4.69) is 26.0 Å². The number of esters is 1. The van der Waals surface area contributed by atoms with Gasteiger partial charge >= 0.3 is 5.97 Å². The van der Waals surface area contributed by atoms with Crippen LogP contribution in [0.4, 0.5) is 5.82 Å². The first kappa shape index (κ1) is 19.4. The Kier molecular flexibility index (Phi) is 5.00. The summed E-state index contributed by atoms with van der Waals surface area (Å²) in [6.45, 7) is 7.48. The second kappa shape index (κ2) is 7.48. The second-order valence-electron chi connectivity index (χ2n) is 8.56. The van der Waals surface area contributed by atoms with E-state index in [1.807, 2.05) is 39.0 Å². The standard InChI is InChI=1S/C22H27N5O2/c1-22(2,3)21(28)29-16-6-4-5-14(11-16)17-12-27(15-7-9-24-10-8-15)20-18(17)19(23)25-13-26-20/h4-6,11-13,15,24H,7-10H2,1-3H3,(H2,23,25,26). The van der Waals surface area contributed by atoms with Gasteiger partial charge in [0.2, 0.25) is 0 Å². The van der Waals surface area contributed by atoms with Crippen molar-refractivity contribution in [3.8, 4) is 16.9 Å². The van der Waals surface area contributed by atoms with Crippen LogP contribution in [0.3, 0.4) is 0 Å². The summed E-state index contributed by atoms with van der Waals surface area (Å²) in [7, 11) is 0. The molecule has 7 nitrogen and oxygen atoms in total. The second-order valence-corrected chi connectivity index (χ2v) is 8.56. The molecule has 1 fully saturated rings. The van der Waals surface area contributed by atoms with Crippen LogP contribution in [0.1, 0.15) is 39.7 Å². The fraction of sp³-hybridized carbons (Fsp3) is 0.409. The third kappa shape index (κ3) is 3.82. The summed E-state index contributed by atoms with van der Waals surface area (Å²) in [6.07, 6.45) is 5.70. The van der Waals surface area contributed by atoms with Crippen LogP contribution in [0.5, 0.6) is 5.75 Å². The van der Waals surface area contributed by atoms with Crippen LogP contribution in [0.2, 0.25) is 0 Å². The minimum Gasteiger partial charge on any atom is -0.426 e. The summed E-state index contributed by atoms with van der Waals surface area (Å²) in [4.78, 5) is 21.0. The Bertz CT molecular complexity index is 1050. The molecule has 29 heavy (non-hydrogen) atoms. The molecular formula is C22H27N5O2. The monoisotopic (exact) mass is 393 g/mol. The zero-order chi connectivity index (χ0) is 20.6. The average molecular weight is 393 g/mol. The molecule has 0 aliphatic carbocycles. The van der Waals surface area contributed by atoms with Gasteiger partial charge in [-0.1, -0.05) is 12.1 Å². The molecular weight excluding hydrogens is 366 g/mol. The number of ether oxygens (including phenoxy) is 1. The lowest BCUT2D eigenvalue weighted by Crippen LogP contribution is -2.29. The van der Waals surface area contributed by atoms with Crippen LogP contribution in [-0.4, -0.2) is 33.6 Å². The first-order valence-corrected chi connectivity index (χ1v) is 9.99. The van der Waals surface area contributed by atoms with Gasteiger partial charge in [-0.15, -0.1) is 0 Å². The molecule has 7 heteroatoms. The highest BCUT2D eigenvalue weighted by Crippen LogP contribution is 2.37. The number of nitrogens with one attached hydrogen (secondary N) is 1. The van der Waals surface area contributed by atoms with Gasteiger partial charge in [-0.05, 0) is 64.4 Å². The van der Waals surface area contributed by atoms with Crippen LogP contribution in [0.15, 0.2) is 36.8 Å². The number of benzene rings is 1. The molecule has 4 rings (SSSR count). The van der Waals surface area contributed by atoms with Crippen molar-refractivity contribution in [3.63, 3.8) is 0 Å². The minimum absolute atomic E-state index is 0.269. The van der Waals surface area contributed by atoms with Gasteiger partial charge in [0.15, 0.2) is 0 Å². The summed E-state index contributed by atoms with van der Waals surface area (Å²) in [5, 5.41) is 4.24. The number of fused-ring (bicyclic) bond motifs is 1. The highest BCUT2D eigenvalue weighted by atomic mass is 16.5. The lowest BCUT2D eigenvalue weighted by Gasteiger charge is -2.24. The maximum absolute atomic E-state index is 12.3. The number of piperidine rings is 1. The van der Waals surface area contributed by atoms with Gasteiger partial charge < -0.3 is 20.4 Å². The number of hydrogen-bond donors (Lipinski definition) is 2. The van der Waals surface area contributed by atoms with Gasteiger partial charge in [0.05, 0.1) is 10.8 Å². The van der Waals surface area contributed by atoms with E-state index in [1.165, 1.54) is 6.33 Å². The molecule has 3 N–H and O–H groups in total. The van der Waals surface area contributed by atoms with Gasteiger partial charge in [-0.3, -0.25) is 4.79 Å². The van der Waals surface area contributed by atoms with Gasteiger partial charge in [-0.2, -0.15) is 0 Å². The summed E-state index contributed by atoms with van der Waals surface area (Å²) < 4.78 is 7.81. The molecule has 152 valence electrons. The van der Waals surface area contributed by atoms with Crippen molar-refractivity contribution in [2.45, 2.75) is 39.7 Å². The summed E-state index contributed by atoms with van der Waals surface area (Å²) in [5.74, 6) is 0.699. The largest absolute Gasteiger partial charge is 0.426 e. The Balaban J connectivity index is 1.78. The zero-order valence-electron chi connectivity index (χ0n) is 17.1. The molecule has 0 saturated carbocycles. The molecule has 0 atom stereocenters. The van der Waals surface area contributed by atoms with Crippen LogP contribution in [0.25, 0.3) is 22.2 Å². The molecule has 1 saturated heterocycles. The Hall–Kier alpha value is -2.93. The smallest absolute Gasteiger partial charge is 0.316 e. The predicted octanol–water partition coefficient (Wildman–Crippen LogP) is 3.56. The first-order valence-electron chi connectivity index (χ1n) is 9.99. The molecule has 0 bridgehead atoms. The van der Waals surface area contributed by atoms with Crippen molar-refractivity contribution < 1.29 is 9.53 Å². The van der Waals surface area contributed by atoms with Crippen LogP contribution in [0, 0.1) is 5.41 Å². The molecule has 0 spiro atoms. The Morgan fingerprint density at radius 2 is 2.00 bits per heavy atom. The van der Waals surface area contributed by atoms with E-state index in [9.17, 15) is 4.79 Å². The lowest BCUT2D eigenvalue weighted by molar-refractivity contribution is -0.142. The fourth-order valence-electron chi connectivity index (χ4n) is 3.68. The zero-order valence-corrected chi connectivity index (χ0v) is 17.1. The average Bonchev–Trinajstić information content (AvgIpc) is 3.09. The lowest BCUT2D eigenvalue weighted by atomic mass is 9.97. The van der Waals surface area contributed by atoms with Gasteiger partial charge in [0.25, 0.3) is 0 Å². The highest BCUT2D eigenvalue weighted by Gasteiger charge is 2.25. The normalized spacial score (nSPS) is 15.6. The molecule has 1 aliphatic rings. The Labute approximate surface area is 170 Å². The minimum atomic E-state index is -0.570. The topological polar surface area (TPSA) is 95.1 Å². The predicted molar refractivity (Wildman–Crippen MR) is 114 cm³/mol. The van der Waals surface area contributed by atoms with E-state index in [-0.39, 0.29) is 5.97 Å². The Morgan fingerprint density at radius 3 is 2.72 bits per heavy atom. The molecule has 2 aromatic heterocycles. The number of carbonyl (C=O) groups excluding carboxylic acids is 1. The van der Waals surface area contributed by atoms with Crippen molar-refractivity contribution >= 4 is 22.8 Å². The number of aromatic nitrogens is 3. The van der Waals surface area contributed by atoms with Crippen molar-refractivity contribution in [1.82, 2.24) is 19.9 Å². The van der Waals surface area contributed by atoms with E-state index < -0.39 is 5.41 Å². The van der Waals surface area contributed by atoms with Crippen molar-refractivity contribution in [2.24, 2.45) is 5.41 Å². The maximum atomic E-state index is 12.3. The van der Waals surface area contributed by atoms with Crippen molar-refractivity contribution in [2.75, 3.05) is 18.8 Å². The molecule has 3 aromatic rings. The summed E-state index contributed by atoms with van der Waals surface area (Å²) in [6, 6.07) is 7.90. The molecule has 0 unspecified atom stereocenters. The first-order chi connectivity index (χ1) is 13.8. The quantitative estimate of drug-likeness (QED) is 0.522. The van der Waals surface area contributed by atoms with Crippen LogP contribution < -0.4 is 15.8 Å². The van der Waals surface area contributed by atoms with Gasteiger partial charge in [0.1, 0.15) is 23.5 Å². The van der Waals surface area contributed by atoms with Crippen LogP contribution >= 0.6 is 0 Å². The number of nitrogens with zero attached hydrogens (tertiary/aromatic N) is 3. The fourth-order valence-corrected chi connectivity index (χ4v) is 3.68. The van der Waals surface area contributed by atoms with Crippen LogP contribution in [-0.2, 0) is 4.79 Å². The summed E-state index contributed by atoms with van der Waals surface area (Å²) in [5.41, 5.74) is 8.39. The van der Waals surface area contributed by atoms with E-state index in [1.54, 1.807) is 6.07 Å². The highest BCUT2D eigenvalue weighted by molar-refractivity contribution is 6.00. The Morgan fingerprint density at radius 1 is 1.24 bits per heavy atom. The number of anilines is 1. The SMILES string of the molecule is CC(C)(C)C(=O)Oc1cccc(-c2cn(C3CCNCC3)c3ncnc(N)c23)c1. The number of nitrogens with two attached hydrogens (primary N) is 1. The number of rotatable bonds is 3. The summed E-state index contributed by atoms with van der Waals surface area (Å²) >= 11 is 0. The number of carbonyl (C=O) groups is 1. The van der Waals surface area contributed by atoms with E-state index in [0.717, 1.165) is 48.1 Å². The maximum Gasteiger partial charge on any atom is 0.316 e. The van der Waals surface area contributed by atoms with Crippen molar-refractivity contribution in [3.05, 3.63) is 36.8 Å².